The van der Waals surface area contributed by atoms with E-state index in [1.807, 2.05) is 0 Å². The SMILES string of the molecule is N[C@@H](CCS(=O)(=O)NO)C(=O)O. The van der Waals surface area contributed by atoms with Gasteiger partial charge < -0.3 is 16.0 Å². The van der Waals surface area contributed by atoms with Gasteiger partial charge in [0.05, 0.1) is 5.75 Å². The maximum Gasteiger partial charge on any atom is 0.320 e. The van der Waals surface area contributed by atoms with Crippen molar-refractivity contribution in [3.8, 4) is 0 Å². The number of nitrogens with one attached hydrogen (secondary N) is 1. The first-order valence-electron chi connectivity index (χ1n) is 3.01. The van der Waals surface area contributed by atoms with Gasteiger partial charge in [-0.1, -0.05) is 4.89 Å². The number of sulfonamides is 1. The molecule has 0 aromatic rings. The largest absolute Gasteiger partial charge is 0.480 e. The second-order valence-corrected chi connectivity index (χ2v) is 3.96. The fraction of sp³-hybridized carbons (Fsp3) is 0.750. The van der Waals surface area contributed by atoms with Gasteiger partial charge in [0, 0.05) is 0 Å². The van der Waals surface area contributed by atoms with Gasteiger partial charge in [-0.15, -0.1) is 0 Å². The van der Waals surface area contributed by atoms with Crippen molar-refractivity contribution in [3.05, 3.63) is 0 Å². The van der Waals surface area contributed by atoms with Gasteiger partial charge >= 0.3 is 5.97 Å². The Morgan fingerprint density at radius 2 is 2.08 bits per heavy atom. The number of hydrogen-bond acceptors (Lipinski definition) is 5. The van der Waals surface area contributed by atoms with Crippen LogP contribution in [-0.2, 0) is 14.8 Å². The zero-order valence-electron chi connectivity index (χ0n) is 6.10. The third-order valence-electron chi connectivity index (χ3n) is 1.15. The van der Waals surface area contributed by atoms with Crippen molar-refractivity contribution in [2.24, 2.45) is 5.73 Å². The van der Waals surface area contributed by atoms with Crippen LogP contribution < -0.4 is 10.6 Å². The molecule has 0 rings (SSSR count). The van der Waals surface area contributed by atoms with Crippen LogP contribution in [0.2, 0.25) is 0 Å². The molecule has 72 valence electrons. The summed E-state index contributed by atoms with van der Waals surface area (Å²) in [6.45, 7) is 0. The highest BCUT2D eigenvalue weighted by Crippen LogP contribution is 1.92. The molecule has 0 unspecified atom stereocenters. The van der Waals surface area contributed by atoms with E-state index in [2.05, 4.69) is 0 Å². The number of nitrogens with two attached hydrogens (primary N) is 1. The molecule has 0 spiro atoms. The standard InChI is InChI=1S/C4H10N2O5S/c5-3(4(7)8)1-2-12(10,11)6-9/h3,6,9H,1-2,5H2,(H,7,8)/t3-/m0/s1. The molecule has 0 aromatic carbocycles. The zero-order chi connectivity index (χ0) is 9.78. The maximum atomic E-state index is 10.5. The van der Waals surface area contributed by atoms with E-state index in [0.717, 1.165) is 4.89 Å². The molecule has 0 fully saturated rings. The lowest BCUT2D eigenvalue weighted by atomic mass is 10.2. The molecule has 0 amide bonds. The van der Waals surface area contributed by atoms with Gasteiger partial charge in [0.2, 0.25) is 10.0 Å². The van der Waals surface area contributed by atoms with Crippen molar-refractivity contribution in [2.45, 2.75) is 12.5 Å². The summed E-state index contributed by atoms with van der Waals surface area (Å²) in [6.07, 6.45) is -0.245. The van der Waals surface area contributed by atoms with Crippen molar-refractivity contribution in [1.29, 1.82) is 0 Å². The predicted octanol–water partition coefficient (Wildman–Crippen LogP) is -1.90. The first-order valence-corrected chi connectivity index (χ1v) is 4.66. The fourth-order valence-corrected chi connectivity index (χ4v) is 1.11. The maximum absolute atomic E-state index is 10.5. The smallest absolute Gasteiger partial charge is 0.320 e. The highest BCUT2D eigenvalue weighted by Gasteiger charge is 2.16. The Bertz CT molecular complexity index is 248. The van der Waals surface area contributed by atoms with Gasteiger partial charge in [0.25, 0.3) is 0 Å². The van der Waals surface area contributed by atoms with Gasteiger partial charge in [-0.05, 0) is 6.42 Å². The molecule has 0 bridgehead atoms. The highest BCUT2D eigenvalue weighted by molar-refractivity contribution is 7.89. The van der Waals surface area contributed by atoms with Gasteiger partial charge in [-0.25, -0.2) is 8.42 Å². The van der Waals surface area contributed by atoms with E-state index in [-0.39, 0.29) is 6.42 Å². The minimum atomic E-state index is -3.79. The lowest BCUT2D eigenvalue weighted by Crippen LogP contribution is -2.34. The molecule has 0 aliphatic rings. The van der Waals surface area contributed by atoms with Crippen LogP contribution in [0.5, 0.6) is 0 Å². The molecule has 8 heteroatoms. The second-order valence-electron chi connectivity index (χ2n) is 2.14. The summed E-state index contributed by atoms with van der Waals surface area (Å²) >= 11 is 0. The molecule has 7 nitrogen and oxygen atoms in total. The van der Waals surface area contributed by atoms with Gasteiger partial charge in [-0.2, -0.15) is 0 Å². The van der Waals surface area contributed by atoms with Crippen LogP contribution in [0.4, 0.5) is 0 Å². The average Bonchev–Trinajstić information content (AvgIpc) is 2.00. The van der Waals surface area contributed by atoms with Gasteiger partial charge in [0.15, 0.2) is 0 Å². The Morgan fingerprint density at radius 3 is 2.42 bits per heavy atom. The number of carboxylic acids is 1. The molecular formula is C4H10N2O5S. The van der Waals surface area contributed by atoms with Crippen molar-refractivity contribution < 1.29 is 23.5 Å². The van der Waals surface area contributed by atoms with Crippen LogP contribution in [-0.4, -0.2) is 36.5 Å². The highest BCUT2D eigenvalue weighted by atomic mass is 32.2. The topological polar surface area (TPSA) is 130 Å². The Balaban J connectivity index is 3.92. The monoisotopic (exact) mass is 198 g/mol. The summed E-state index contributed by atoms with van der Waals surface area (Å²) in [5, 5.41) is 16.3. The first-order chi connectivity index (χ1) is 5.39. The number of hydrogen-bond donors (Lipinski definition) is 4. The third kappa shape index (κ3) is 4.23. The lowest BCUT2D eigenvalue weighted by molar-refractivity contribution is -0.138. The fourth-order valence-electron chi connectivity index (χ4n) is 0.451. The number of aliphatic carboxylic acids is 1. The number of carbonyl (C=O) groups is 1. The molecular weight excluding hydrogens is 188 g/mol. The summed E-state index contributed by atoms with van der Waals surface area (Å²) in [4.78, 5) is 11.2. The molecule has 12 heavy (non-hydrogen) atoms. The zero-order valence-corrected chi connectivity index (χ0v) is 6.91. The van der Waals surface area contributed by atoms with E-state index in [9.17, 15) is 13.2 Å². The molecule has 5 N–H and O–H groups in total. The van der Waals surface area contributed by atoms with Crippen LogP contribution in [0.3, 0.4) is 0 Å². The van der Waals surface area contributed by atoms with E-state index in [1.165, 1.54) is 0 Å². The van der Waals surface area contributed by atoms with Crippen LogP contribution in [0, 0.1) is 0 Å². The van der Waals surface area contributed by atoms with Crippen LogP contribution in [0.15, 0.2) is 0 Å². The Kier molecular flexibility index (Phi) is 4.10. The molecule has 0 saturated carbocycles. The molecule has 0 aliphatic carbocycles. The number of carboxylic acid groups (broad SMARTS) is 1. The summed E-state index contributed by atoms with van der Waals surface area (Å²) in [6, 6.07) is -1.23. The van der Waals surface area contributed by atoms with Crippen molar-refractivity contribution in [3.63, 3.8) is 0 Å². The minimum absolute atomic E-state index is 0.245. The van der Waals surface area contributed by atoms with Crippen LogP contribution >= 0.6 is 0 Å². The van der Waals surface area contributed by atoms with Crippen LogP contribution in [0.1, 0.15) is 6.42 Å². The normalized spacial score (nSPS) is 14.2. The van der Waals surface area contributed by atoms with Crippen molar-refractivity contribution >= 4 is 16.0 Å². The minimum Gasteiger partial charge on any atom is -0.480 e. The number of rotatable bonds is 5. The van der Waals surface area contributed by atoms with E-state index < -0.39 is 27.8 Å². The van der Waals surface area contributed by atoms with Crippen molar-refractivity contribution in [1.82, 2.24) is 4.89 Å². The average molecular weight is 198 g/mol. The second kappa shape index (κ2) is 4.36. The summed E-state index contributed by atoms with van der Waals surface area (Å²) < 4.78 is 21.0. The van der Waals surface area contributed by atoms with E-state index >= 15 is 0 Å². The molecule has 1 atom stereocenters. The molecule has 0 saturated heterocycles. The lowest BCUT2D eigenvalue weighted by Gasteiger charge is -2.04. The third-order valence-corrected chi connectivity index (χ3v) is 2.21. The van der Waals surface area contributed by atoms with E-state index in [4.69, 9.17) is 16.0 Å². The molecule has 0 aliphatic heterocycles. The summed E-state index contributed by atoms with van der Waals surface area (Å²) in [5.74, 6) is -1.79. The van der Waals surface area contributed by atoms with Gasteiger partial charge in [0.1, 0.15) is 6.04 Å². The molecule has 0 radical (unpaired) electrons. The summed E-state index contributed by atoms with van der Waals surface area (Å²) in [5.41, 5.74) is 5.00. The van der Waals surface area contributed by atoms with Crippen molar-refractivity contribution in [2.75, 3.05) is 5.75 Å². The van der Waals surface area contributed by atoms with E-state index in [1.54, 1.807) is 0 Å². The Hall–Kier alpha value is -0.700. The van der Waals surface area contributed by atoms with Gasteiger partial charge in [-0.3, -0.25) is 4.79 Å². The predicted molar refractivity (Wildman–Crippen MR) is 38.9 cm³/mol. The molecule has 0 heterocycles. The quantitative estimate of drug-likeness (QED) is 0.382. The summed E-state index contributed by atoms with van der Waals surface area (Å²) in [7, 11) is -3.79. The van der Waals surface area contributed by atoms with E-state index in [0.29, 0.717) is 0 Å². The molecule has 0 aromatic heterocycles. The van der Waals surface area contributed by atoms with Crippen LogP contribution in [0.25, 0.3) is 0 Å². The first kappa shape index (κ1) is 11.3. The Labute approximate surface area is 69.2 Å². The Morgan fingerprint density at radius 1 is 1.58 bits per heavy atom.